The Labute approximate surface area is 109 Å². The number of hydrogen-bond donors (Lipinski definition) is 1. The molecule has 1 aromatic rings. The summed E-state index contributed by atoms with van der Waals surface area (Å²) in [4.78, 5) is 2.40. The average Bonchev–Trinajstić information content (AvgIpc) is 2.31. The lowest BCUT2D eigenvalue weighted by molar-refractivity contribution is 0.438. The van der Waals surface area contributed by atoms with Gasteiger partial charge in [0.25, 0.3) is 0 Å². The topological polar surface area (TPSA) is 15.3 Å². The third-order valence-corrected chi connectivity index (χ3v) is 3.76. The fraction of sp³-hybridized carbons (Fsp3) is 0.571. The monoisotopic (exact) mass is 252 g/mol. The molecule has 0 atom stereocenters. The smallest absolute Gasteiger partial charge is 0.0660 e. The van der Waals surface area contributed by atoms with Crippen LogP contribution in [0.25, 0.3) is 0 Å². The summed E-state index contributed by atoms with van der Waals surface area (Å²) < 4.78 is 0. The van der Waals surface area contributed by atoms with E-state index in [1.807, 2.05) is 6.07 Å². The van der Waals surface area contributed by atoms with Gasteiger partial charge in [-0.05, 0) is 43.9 Å². The quantitative estimate of drug-likeness (QED) is 0.875. The molecule has 0 aliphatic carbocycles. The Morgan fingerprint density at radius 1 is 1.35 bits per heavy atom. The highest BCUT2D eigenvalue weighted by atomic mass is 35.5. The van der Waals surface area contributed by atoms with Gasteiger partial charge in [-0.25, -0.2) is 0 Å². The predicted molar refractivity (Wildman–Crippen MR) is 76.2 cm³/mol. The van der Waals surface area contributed by atoms with E-state index in [1.165, 1.54) is 18.5 Å². The SMILES string of the molecule is CCNc1ccc(N2CCC(C)CC2)c(Cl)c1. The molecule has 94 valence electrons. The van der Waals surface area contributed by atoms with Crippen LogP contribution in [0.4, 0.5) is 11.4 Å². The first-order chi connectivity index (χ1) is 8.20. The number of anilines is 2. The van der Waals surface area contributed by atoms with Crippen molar-refractivity contribution in [3.05, 3.63) is 23.2 Å². The maximum atomic E-state index is 6.35. The first kappa shape index (κ1) is 12.6. The zero-order valence-electron chi connectivity index (χ0n) is 10.7. The van der Waals surface area contributed by atoms with E-state index >= 15 is 0 Å². The van der Waals surface area contributed by atoms with E-state index < -0.39 is 0 Å². The summed E-state index contributed by atoms with van der Waals surface area (Å²) in [6, 6.07) is 6.28. The molecule has 1 saturated heterocycles. The van der Waals surface area contributed by atoms with Gasteiger partial charge in [0.05, 0.1) is 10.7 Å². The molecule has 1 fully saturated rings. The Morgan fingerprint density at radius 3 is 2.65 bits per heavy atom. The van der Waals surface area contributed by atoms with Crippen molar-refractivity contribution in [2.24, 2.45) is 5.92 Å². The Kier molecular flexibility index (Phi) is 4.16. The molecule has 1 aromatic carbocycles. The average molecular weight is 253 g/mol. The highest BCUT2D eigenvalue weighted by Gasteiger charge is 2.17. The van der Waals surface area contributed by atoms with Crippen molar-refractivity contribution >= 4 is 23.0 Å². The van der Waals surface area contributed by atoms with Crippen molar-refractivity contribution in [2.45, 2.75) is 26.7 Å². The summed E-state index contributed by atoms with van der Waals surface area (Å²) in [7, 11) is 0. The number of piperidine rings is 1. The van der Waals surface area contributed by atoms with Crippen molar-refractivity contribution < 1.29 is 0 Å². The van der Waals surface area contributed by atoms with Gasteiger partial charge in [0, 0.05) is 25.3 Å². The van der Waals surface area contributed by atoms with Crippen LogP contribution in [0.5, 0.6) is 0 Å². The second-order valence-corrected chi connectivity index (χ2v) is 5.27. The Morgan fingerprint density at radius 2 is 2.06 bits per heavy atom. The van der Waals surface area contributed by atoms with Gasteiger partial charge < -0.3 is 10.2 Å². The summed E-state index contributed by atoms with van der Waals surface area (Å²) in [6.07, 6.45) is 2.54. The molecule has 0 spiro atoms. The Bertz CT molecular complexity index is 370. The summed E-state index contributed by atoms with van der Waals surface area (Å²) >= 11 is 6.35. The van der Waals surface area contributed by atoms with Crippen molar-refractivity contribution in [1.82, 2.24) is 0 Å². The van der Waals surface area contributed by atoms with Gasteiger partial charge in [-0.15, -0.1) is 0 Å². The molecule has 1 N–H and O–H groups in total. The normalized spacial score (nSPS) is 17.2. The highest BCUT2D eigenvalue weighted by molar-refractivity contribution is 6.33. The molecule has 1 aliphatic rings. The highest BCUT2D eigenvalue weighted by Crippen LogP contribution is 2.31. The number of nitrogens with one attached hydrogen (secondary N) is 1. The van der Waals surface area contributed by atoms with Gasteiger partial charge in [-0.2, -0.15) is 0 Å². The summed E-state index contributed by atoms with van der Waals surface area (Å²) in [5.41, 5.74) is 2.28. The lowest BCUT2D eigenvalue weighted by atomic mass is 9.99. The lowest BCUT2D eigenvalue weighted by Crippen LogP contribution is -2.32. The number of halogens is 1. The van der Waals surface area contributed by atoms with Crippen LogP contribution in [0.2, 0.25) is 5.02 Å². The minimum Gasteiger partial charge on any atom is -0.385 e. The summed E-state index contributed by atoms with van der Waals surface area (Å²) in [5, 5.41) is 4.14. The zero-order valence-corrected chi connectivity index (χ0v) is 11.4. The van der Waals surface area contributed by atoms with Gasteiger partial charge in [0.1, 0.15) is 0 Å². The first-order valence-electron chi connectivity index (χ1n) is 6.49. The van der Waals surface area contributed by atoms with Gasteiger partial charge in [0.2, 0.25) is 0 Å². The third kappa shape index (κ3) is 3.06. The van der Waals surface area contributed by atoms with E-state index in [0.29, 0.717) is 0 Å². The molecule has 0 amide bonds. The molecule has 1 aliphatic heterocycles. The van der Waals surface area contributed by atoms with Crippen LogP contribution < -0.4 is 10.2 Å². The molecule has 2 rings (SSSR count). The van der Waals surface area contributed by atoms with Crippen LogP contribution in [0.15, 0.2) is 18.2 Å². The standard InChI is InChI=1S/C14H21ClN2/c1-3-16-12-4-5-14(13(15)10-12)17-8-6-11(2)7-9-17/h4-5,10-11,16H,3,6-9H2,1-2H3. The number of benzene rings is 1. The number of nitrogens with zero attached hydrogens (tertiary/aromatic N) is 1. The second-order valence-electron chi connectivity index (χ2n) is 4.87. The van der Waals surface area contributed by atoms with Crippen molar-refractivity contribution in [3.8, 4) is 0 Å². The summed E-state index contributed by atoms with van der Waals surface area (Å²) in [5.74, 6) is 0.853. The number of rotatable bonds is 3. The molecule has 0 radical (unpaired) electrons. The molecule has 17 heavy (non-hydrogen) atoms. The molecule has 0 bridgehead atoms. The summed E-state index contributed by atoms with van der Waals surface area (Å²) in [6.45, 7) is 7.60. The molecule has 3 heteroatoms. The largest absolute Gasteiger partial charge is 0.385 e. The minimum absolute atomic E-state index is 0.853. The fourth-order valence-corrected chi connectivity index (χ4v) is 2.63. The van der Waals surface area contributed by atoms with E-state index in [4.69, 9.17) is 11.6 Å². The third-order valence-electron chi connectivity index (χ3n) is 3.45. The van der Waals surface area contributed by atoms with E-state index in [2.05, 4.69) is 36.2 Å². The van der Waals surface area contributed by atoms with Gasteiger partial charge in [-0.3, -0.25) is 0 Å². The van der Waals surface area contributed by atoms with Crippen LogP contribution in [-0.2, 0) is 0 Å². The van der Waals surface area contributed by atoms with Crippen LogP contribution in [0.1, 0.15) is 26.7 Å². The minimum atomic E-state index is 0.853. The van der Waals surface area contributed by atoms with Crippen molar-refractivity contribution in [2.75, 3.05) is 29.9 Å². The van der Waals surface area contributed by atoms with E-state index in [-0.39, 0.29) is 0 Å². The first-order valence-corrected chi connectivity index (χ1v) is 6.87. The predicted octanol–water partition coefficient (Wildman–Crippen LogP) is 4.01. The maximum Gasteiger partial charge on any atom is 0.0660 e. The van der Waals surface area contributed by atoms with E-state index in [1.54, 1.807) is 0 Å². The lowest BCUT2D eigenvalue weighted by Gasteiger charge is -2.32. The molecule has 0 saturated carbocycles. The van der Waals surface area contributed by atoms with Crippen LogP contribution in [0, 0.1) is 5.92 Å². The molecule has 0 aromatic heterocycles. The Balaban J connectivity index is 2.10. The molecular formula is C14H21ClN2. The number of hydrogen-bond acceptors (Lipinski definition) is 2. The second kappa shape index (κ2) is 5.63. The van der Waals surface area contributed by atoms with Crippen molar-refractivity contribution in [3.63, 3.8) is 0 Å². The molecular weight excluding hydrogens is 232 g/mol. The van der Waals surface area contributed by atoms with Crippen molar-refractivity contribution in [1.29, 1.82) is 0 Å². The molecule has 0 unspecified atom stereocenters. The van der Waals surface area contributed by atoms with Crippen LogP contribution in [-0.4, -0.2) is 19.6 Å². The Hall–Kier alpha value is -0.890. The van der Waals surface area contributed by atoms with Gasteiger partial charge in [-0.1, -0.05) is 18.5 Å². The van der Waals surface area contributed by atoms with Gasteiger partial charge >= 0.3 is 0 Å². The fourth-order valence-electron chi connectivity index (χ4n) is 2.33. The zero-order chi connectivity index (χ0) is 12.3. The molecule has 1 heterocycles. The van der Waals surface area contributed by atoms with Gasteiger partial charge in [0.15, 0.2) is 0 Å². The molecule has 2 nitrogen and oxygen atoms in total. The van der Waals surface area contributed by atoms with E-state index in [9.17, 15) is 0 Å². The van der Waals surface area contributed by atoms with Crippen LogP contribution in [0.3, 0.4) is 0 Å². The van der Waals surface area contributed by atoms with E-state index in [0.717, 1.165) is 36.3 Å². The van der Waals surface area contributed by atoms with Crippen LogP contribution >= 0.6 is 11.6 Å². The maximum absolute atomic E-state index is 6.35.